The predicted octanol–water partition coefficient (Wildman–Crippen LogP) is 2.93. The molecule has 0 heterocycles. The van der Waals surface area contributed by atoms with Crippen molar-refractivity contribution in [3.8, 4) is 0 Å². The van der Waals surface area contributed by atoms with Gasteiger partial charge >= 0.3 is 25.5 Å². The minimum Gasteiger partial charge on any atom is -0.455 e. The van der Waals surface area contributed by atoms with Crippen molar-refractivity contribution in [1.82, 2.24) is 0 Å². The highest BCUT2D eigenvalue weighted by molar-refractivity contribution is 7.54. The van der Waals surface area contributed by atoms with Gasteiger partial charge in [0.15, 0.2) is 30.4 Å². The van der Waals surface area contributed by atoms with Gasteiger partial charge in [-0.25, -0.2) is 0 Å². The summed E-state index contributed by atoms with van der Waals surface area (Å²) >= 11 is 0. The number of esters is 3. The average molecular weight is 536 g/mol. The lowest BCUT2D eigenvalue weighted by molar-refractivity contribution is -0.188. The molecule has 4 atom stereocenters. The molecule has 0 radical (unpaired) electrons. The van der Waals surface area contributed by atoms with Gasteiger partial charge in [0, 0.05) is 20.8 Å². The Morgan fingerprint density at radius 3 is 1.54 bits per heavy atom. The largest absolute Gasteiger partial charge is 0.455 e. The van der Waals surface area contributed by atoms with E-state index in [1.165, 1.54) is 0 Å². The Bertz CT molecular complexity index is 1040. The lowest BCUT2D eigenvalue weighted by Gasteiger charge is -2.34. The summed E-state index contributed by atoms with van der Waals surface area (Å²) in [5.74, 6) is -5.12. The molecule has 0 aliphatic carbocycles. The Kier molecular flexibility index (Phi) is 11.6. The van der Waals surface area contributed by atoms with Gasteiger partial charge in [-0.2, -0.15) is 0 Å². The summed E-state index contributed by atoms with van der Waals surface area (Å²) in [7, 11) is -4.60. The molecule has 0 saturated heterocycles. The maximum Gasteiger partial charge on any atom is 0.363 e. The fraction of sp³-hybridized carbons (Fsp3) is 0.360. The van der Waals surface area contributed by atoms with Crippen LogP contribution in [-0.4, -0.2) is 53.5 Å². The summed E-state index contributed by atoms with van der Waals surface area (Å²) in [6.07, 6.45) is -5.53. The minimum atomic E-state index is -4.60. The molecule has 1 N–H and O–H groups in total. The smallest absolute Gasteiger partial charge is 0.363 e. The molecule has 0 amide bonds. The van der Waals surface area contributed by atoms with Crippen LogP contribution < -0.4 is 0 Å². The molecule has 0 bridgehead atoms. The van der Waals surface area contributed by atoms with E-state index >= 15 is 0 Å². The maximum absolute atomic E-state index is 14.0. The first-order valence-corrected chi connectivity index (χ1v) is 12.8. The van der Waals surface area contributed by atoms with Crippen LogP contribution in [0.2, 0.25) is 0 Å². The molecule has 0 aliphatic heterocycles. The van der Waals surface area contributed by atoms with Crippen LogP contribution in [-0.2, 0) is 60.2 Å². The number of carbonyl (C=O) groups excluding carboxylic acids is 4. The third-order valence-corrected chi connectivity index (χ3v) is 6.73. The number of hydrogen-bond acceptors (Lipinski definition) is 11. The number of hydrogen-bond donors (Lipinski definition) is 1. The van der Waals surface area contributed by atoms with Crippen molar-refractivity contribution < 1.29 is 52.1 Å². The standard InChI is InChI=1S/C25H29O11P/c1-17(27)34-22(14-26)23(35-18(2)28)24(36-19(3)29)25(30)37(31,32-15-20-10-6-4-7-11-20)33-16-21-12-8-5-9-13-21/h4-14,22-25,30H,15-16H2,1-3H3/t22-,23+,24-,25+/m0/s1. The number of benzene rings is 2. The summed E-state index contributed by atoms with van der Waals surface area (Å²) in [5, 5.41) is 11.3. The molecule has 11 nitrogen and oxygen atoms in total. The molecule has 0 aromatic heterocycles. The van der Waals surface area contributed by atoms with E-state index in [1.54, 1.807) is 60.7 Å². The van der Waals surface area contributed by atoms with E-state index in [-0.39, 0.29) is 19.5 Å². The summed E-state index contributed by atoms with van der Waals surface area (Å²) in [6.45, 7) is 2.42. The number of ether oxygens (including phenoxy) is 3. The molecule has 0 spiro atoms. The lowest BCUT2D eigenvalue weighted by atomic mass is 10.1. The van der Waals surface area contributed by atoms with E-state index in [1.807, 2.05) is 0 Å². The second kappa shape index (κ2) is 14.4. The number of carbonyl (C=O) groups is 4. The predicted molar refractivity (Wildman–Crippen MR) is 129 cm³/mol. The maximum atomic E-state index is 14.0. The van der Waals surface area contributed by atoms with E-state index in [4.69, 9.17) is 23.3 Å². The third kappa shape index (κ3) is 9.55. The zero-order valence-corrected chi connectivity index (χ0v) is 21.4. The van der Waals surface area contributed by atoms with E-state index in [9.17, 15) is 28.8 Å². The molecule has 2 aromatic rings. The molecule has 12 heteroatoms. The van der Waals surface area contributed by atoms with Crippen molar-refractivity contribution in [1.29, 1.82) is 0 Å². The molecule has 0 fully saturated rings. The Balaban J connectivity index is 2.48. The highest BCUT2D eigenvalue weighted by Gasteiger charge is 2.50. The fourth-order valence-corrected chi connectivity index (χ4v) is 4.84. The molecule has 0 saturated carbocycles. The van der Waals surface area contributed by atoms with Crippen molar-refractivity contribution in [2.24, 2.45) is 0 Å². The number of aldehydes is 1. The summed E-state index contributed by atoms with van der Waals surface area (Å²) in [5.41, 5.74) is 1.17. The highest BCUT2D eigenvalue weighted by atomic mass is 31.2. The Labute approximate surface area is 214 Å². The van der Waals surface area contributed by atoms with Crippen LogP contribution in [0.5, 0.6) is 0 Å². The zero-order chi connectivity index (χ0) is 27.4. The Hall–Kier alpha value is -3.37. The summed E-state index contributed by atoms with van der Waals surface area (Å²) in [4.78, 5) is 47.0. The van der Waals surface area contributed by atoms with Crippen molar-refractivity contribution >= 4 is 31.8 Å². The molecule has 0 aliphatic rings. The average Bonchev–Trinajstić information content (AvgIpc) is 2.87. The number of aliphatic hydroxyl groups excluding tert-OH is 1. The Morgan fingerprint density at radius 1 is 0.757 bits per heavy atom. The van der Waals surface area contributed by atoms with E-state index in [0.29, 0.717) is 11.1 Å². The van der Waals surface area contributed by atoms with Crippen LogP contribution in [0.15, 0.2) is 60.7 Å². The van der Waals surface area contributed by atoms with Gasteiger partial charge in [0.25, 0.3) is 0 Å². The van der Waals surface area contributed by atoms with Crippen LogP contribution in [0.4, 0.5) is 0 Å². The Morgan fingerprint density at radius 2 is 1.16 bits per heavy atom. The van der Waals surface area contributed by atoms with Gasteiger partial charge < -0.3 is 28.4 Å². The van der Waals surface area contributed by atoms with E-state index < -0.39 is 49.7 Å². The van der Waals surface area contributed by atoms with Crippen LogP contribution in [0.1, 0.15) is 31.9 Å². The first-order chi connectivity index (χ1) is 17.6. The van der Waals surface area contributed by atoms with Gasteiger partial charge in [-0.3, -0.25) is 23.7 Å². The van der Waals surface area contributed by atoms with Crippen LogP contribution in [0, 0.1) is 0 Å². The quantitative estimate of drug-likeness (QED) is 0.164. The molecule has 2 rings (SSSR count). The van der Waals surface area contributed by atoms with Crippen molar-refractivity contribution in [3.05, 3.63) is 71.8 Å². The van der Waals surface area contributed by atoms with Gasteiger partial charge in [-0.1, -0.05) is 60.7 Å². The molecule has 200 valence electrons. The first-order valence-electron chi connectivity index (χ1n) is 11.2. The second-order valence-electron chi connectivity index (χ2n) is 7.83. The zero-order valence-electron chi connectivity index (χ0n) is 20.6. The normalized spacial score (nSPS) is 14.5. The number of rotatable bonds is 14. The minimum absolute atomic E-state index is 0.124. The van der Waals surface area contributed by atoms with Gasteiger partial charge in [0.05, 0.1) is 13.2 Å². The summed E-state index contributed by atoms with van der Waals surface area (Å²) < 4.78 is 40.2. The number of aliphatic hydroxyl groups is 1. The van der Waals surface area contributed by atoms with Crippen LogP contribution in [0.3, 0.4) is 0 Å². The molecular formula is C25H29O11P. The molecule has 2 aromatic carbocycles. The third-order valence-electron chi connectivity index (χ3n) is 4.81. The second-order valence-corrected chi connectivity index (χ2v) is 9.95. The highest BCUT2D eigenvalue weighted by Crippen LogP contribution is 2.55. The van der Waals surface area contributed by atoms with Crippen LogP contribution >= 0.6 is 7.60 Å². The molecule has 37 heavy (non-hydrogen) atoms. The van der Waals surface area contributed by atoms with Crippen molar-refractivity contribution in [2.45, 2.75) is 58.1 Å². The SMILES string of the molecule is CC(=O)O[C@@H]([C@H](OC(C)=O)[C@H](O)P(=O)(OCc1ccccc1)OCc1ccccc1)[C@H](C=O)OC(C)=O. The molecular weight excluding hydrogens is 507 g/mol. The lowest BCUT2D eigenvalue weighted by Crippen LogP contribution is -2.51. The van der Waals surface area contributed by atoms with Gasteiger partial charge in [0.1, 0.15) is 0 Å². The first kappa shape index (κ1) is 29.9. The van der Waals surface area contributed by atoms with Crippen molar-refractivity contribution in [2.75, 3.05) is 0 Å². The molecule has 0 unspecified atom stereocenters. The fourth-order valence-electron chi connectivity index (χ4n) is 3.21. The van der Waals surface area contributed by atoms with Crippen LogP contribution in [0.25, 0.3) is 0 Å². The van der Waals surface area contributed by atoms with Gasteiger partial charge in [-0.05, 0) is 11.1 Å². The summed E-state index contributed by atoms with van der Waals surface area (Å²) in [6, 6.07) is 17.1. The van der Waals surface area contributed by atoms with E-state index in [2.05, 4.69) is 0 Å². The van der Waals surface area contributed by atoms with Crippen molar-refractivity contribution in [3.63, 3.8) is 0 Å². The van der Waals surface area contributed by atoms with Gasteiger partial charge in [-0.15, -0.1) is 0 Å². The monoisotopic (exact) mass is 536 g/mol. The van der Waals surface area contributed by atoms with E-state index in [0.717, 1.165) is 20.8 Å². The van der Waals surface area contributed by atoms with Gasteiger partial charge in [0.2, 0.25) is 0 Å². The topological polar surface area (TPSA) is 152 Å².